The smallest absolute Gasteiger partial charge is 0.337 e. The lowest BCUT2D eigenvalue weighted by Crippen LogP contribution is -2.49. The summed E-state index contributed by atoms with van der Waals surface area (Å²) in [6.45, 7) is 2.17. The standard InChI is InChI=1S/C12H18N4O12/c1-3-11(13(19)20,14(21)22)27-9(17)7-5-6-8-10(18)28-12(4-2,15(23)24)16(25)26/h3-8H2,1-2H3. The van der Waals surface area contributed by atoms with Crippen LogP contribution in [0.2, 0.25) is 0 Å². The van der Waals surface area contributed by atoms with Crippen LogP contribution in [0.1, 0.15) is 52.4 Å². The molecule has 0 saturated carbocycles. The molecule has 0 rings (SSSR count). The van der Waals surface area contributed by atoms with E-state index in [0.717, 1.165) is 13.8 Å². The molecule has 28 heavy (non-hydrogen) atoms. The zero-order valence-corrected chi connectivity index (χ0v) is 14.9. The van der Waals surface area contributed by atoms with E-state index in [2.05, 4.69) is 9.47 Å². The Balaban J connectivity index is 4.67. The highest BCUT2D eigenvalue weighted by Crippen LogP contribution is 2.21. The van der Waals surface area contributed by atoms with Crippen molar-refractivity contribution in [2.75, 3.05) is 0 Å². The number of ether oxygens (including phenoxy) is 2. The number of nitro groups is 4. The summed E-state index contributed by atoms with van der Waals surface area (Å²) in [5, 5.41) is 43.3. The number of carbonyl (C=O) groups excluding carboxylic acids is 2. The lowest BCUT2D eigenvalue weighted by atomic mass is 10.2. The molecule has 0 aromatic heterocycles. The first-order valence-electron chi connectivity index (χ1n) is 7.91. The number of rotatable bonds is 13. The van der Waals surface area contributed by atoms with E-state index in [1.165, 1.54) is 0 Å². The van der Waals surface area contributed by atoms with Crippen molar-refractivity contribution in [1.82, 2.24) is 0 Å². The first kappa shape index (κ1) is 24.5. The molecule has 0 heterocycles. The molecule has 0 unspecified atom stereocenters. The minimum atomic E-state index is -3.12. The van der Waals surface area contributed by atoms with E-state index in [1.54, 1.807) is 0 Å². The van der Waals surface area contributed by atoms with E-state index >= 15 is 0 Å². The number of hydrogen-bond acceptors (Lipinski definition) is 12. The first-order valence-corrected chi connectivity index (χ1v) is 7.91. The van der Waals surface area contributed by atoms with Crippen molar-refractivity contribution in [3.8, 4) is 0 Å². The molecule has 0 bridgehead atoms. The molecule has 0 aliphatic rings. The maximum absolute atomic E-state index is 11.6. The lowest BCUT2D eigenvalue weighted by Gasteiger charge is -2.15. The highest BCUT2D eigenvalue weighted by atomic mass is 16.8. The predicted octanol–water partition coefficient (Wildman–Crippen LogP) is 0.868. The van der Waals surface area contributed by atoms with Crippen molar-refractivity contribution in [1.29, 1.82) is 0 Å². The molecular formula is C12H18N4O12. The van der Waals surface area contributed by atoms with Crippen molar-refractivity contribution in [2.45, 2.75) is 64.1 Å². The van der Waals surface area contributed by atoms with Crippen LogP contribution in [0, 0.1) is 40.5 Å². The molecule has 0 aromatic carbocycles. The second-order valence-electron chi connectivity index (χ2n) is 5.38. The number of unbranched alkanes of at least 4 members (excludes halogenated alkanes) is 1. The topological polar surface area (TPSA) is 225 Å². The average Bonchev–Trinajstić information content (AvgIpc) is 2.60. The van der Waals surface area contributed by atoms with Crippen LogP contribution < -0.4 is 0 Å². The fraction of sp³-hybridized carbons (Fsp3) is 0.833. The molecule has 0 fully saturated rings. The summed E-state index contributed by atoms with van der Waals surface area (Å²) in [6.07, 6.45) is -2.77. The molecular weight excluding hydrogens is 392 g/mol. The van der Waals surface area contributed by atoms with E-state index < -0.39 is 69.0 Å². The van der Waals surface area contributed by atoms with Crippen LogP contribution in [0.3, 0.4) is 0 Å². The summed E-state index contributed by atoms with van der Waals surface area (Å²) >= 11 is 0. The van der Waals surface area contributed by atoms with Crippen LogP contribution in [-0.2, 0) is 19.1 Å². The summed E-state index contributed by atoms with van der Waals surface area (Å²) in [4.78, 5) is 61.2. The van der Waals surface area contributed by atoms with Crippen LogP contribution in [0.4, 0.5) is 0 Å². The monoisotopic (exact) mass is 410 g/mol. The Morgan fingerprint density at radius 3 is 1.11 bits per heavy atom. The SMILES string of the molecule is CCC(OC(=O)CCCCC(=O)OC(CC)([N+](=O)[O-])[N+](=O)[O-])([N+](=O)[O-])[N+](=O)[O-]. The molecule has 0 aromatic rings. The fourth-order valence-corrected chi connectivity index (χ4v) is 1.95. The number of carbonyl (C=O) groups is 2. The van der Waals surface area contributed by atoms with Crippen molar-refractivity contribution >= 4 is 11.9 Å². The van der Waals surface area contributed by atoms with E-state index in [9.17, 15) is 50.0 Å². The summed E-state index contributed by atoms with van der Waals surface area (Å²) in [5.41, 5.74) is 0. The van der Waals surface area contributed by atoms with Crippen LogP contribution in [-0.4, -0.2) is 43.3 Å². The maximum Gasteiger partial charge on any atom is 0.621 e. The molecule has 0 aliphatic carbocycles. The number of nitrogens with zero attached hydrogens (tertiary/aromatic N) is 4. The Morgan fingerprint density at radius 1 is 0.679 bits per heavy atom. The summed E-state index contributed by atoms with van der Waals surface area (Å²) in [7, 11) is 0. The van der Waals surface area contributed by atoms with Gasteiger partial charge in [-0.05, 0) is 26.7 Å². The summed E-state index contributed by atoms with van der Waals surface area (Å²) in [5.74, 6) is -8.76. The van der Waals surface area contributed by atoms with Gasteiger partial charge in [0.1, 0.15) is 32.5 Å². The highest BCUT2D eigenvalue weighted by molar-refractivity contribution is 5.70. The molecule has 0 saturated heterocycles. The molecule has 158 valence electrons. The predicted molar refractivity (Wildman–Crippen MR) is 84.7 cm³/mol. The first-order chi connectivity index (χ1) is 12.9. The Kier molecular flexibility index (Phi) is 8.79. The van der Waals surface area contributed by atoms with Gasteiger partial charge in [0.05, 0.1) is 0 Å². The van der Waals surface area contributed by atoms with Crippen LogP contribution in [0.5, 0.6) is 0 Å². The summed E-state index contributed by atoms with van der Waals surface area (Å²) in [6, 6.07) is 0. The lowest BCUT2D eigenvalue weighted by molar-refractivity contribution is -0.844. The van der Waals surface area contributed by atoms with Gasteiger partial charge >= 0.3 is 23.6 Å². The van der Waals surface area contributed by atoms with Crippen molar-refractivity contribution in [3.63, 3.8) is 0 Å². The molecule has 0 aliphatic heterocycles. The van der Waals surface area contributed by atoms with E-state index in [1.807, 2.05) is 0 Å². The molecule has 0 atom stereocenters. The molecule has 0 N–H and O–H groups in total. The van der Waals surface area contributed by atoms with Crippen LogP contribution in [0.25, 0.3) is 0 Å². The molecule has 16 heteroatoms. The van der Waals surface area contributed by atoms with Gasteiger partial charge in [0, 0.05) is 12.8 Å². The van der Waals surface area contributed by atoms with E-state index in [0.29, 0.717) is 0 Å². The van der Waals surface area contributed by atoms with E-state index in [-0.39, 0.29) is 12.8 Å². The highest BCUT2D eigenvalue weighted by Gasteiger charge is 2.60. The van der Waals surface area contributed by atoms with Gasteiger partial charge in [0.2, 0.25) is 0 Å². The normalized spacial score (nSPS) is 11.4. The Bertz CT molecular complexity index is 579. The Labute approximate surface area is 156 Å². The molecule has 16 nitrogen and oxygen atoms in total. The molecule has 0 radical (unpaired) electrons. The van der Waals surface area contributed by atoms with E-state index in [4.69, 9.17) is 0 Å². The average molecular weight is 410 g/mol. The minimum absolute atomic E-state index is 0.140. The third kappa shape index (κ3) is 5.52. The quantitative estimate of drug-likeness (QED) is 0.135. The fourth-order valence-electron chi connectivity index (χ4n) is 1.95. The van der Waals surface area contributed by atoms with Crippen LogP contribution >= 0.6 is 0 Å². The van der Waals surface area contributed by atoms with Gasteiger partial charge in [-0.1, -0.05) is 0 Å². The van der Waals surface area contributed by atoms with Gasteiger partial charge in [-0.3, -0.25) is 50.0 Å². The van der Waals surface area contributed by atoms with Gasteiger partial charge in [-0.15, -0.1) is 0 Å². The van der Waals surface area contributed by atoms with Gasteiger partial charge in [0.15, 0.2) is 0 Å². The molecule has 0 amide bonds. The van der Waals surface area contributed by atoms with Crippen molar-refractivity contribution in [2.24, 2.45) is 0 Å². The number of esters is 2. The van der Waals surface area contributed by atoms with Gasteiger partial charge in [-0.25, -0.2) is 0 Å². The Morgan fingerprint density at radius 2 is 0.929 bits per heavy atom. The van der Waals surface area contributed by atoms with Gasteiger partial charge in [0.25, 0.3) is 0 Å². The second-order valence-corrected chi connectivity index (χ2v) is 5.38. The Hall–Kier alpha value is -3.46. The zero-order valence-electron chi connectivity index (χ0n) is 14.9. The third-order valence-electron chi connectivity index (χ3n) is 3.63. The van der Waals surface area contributed by atoms with Gasteiger partial charge < -0.3 is 9.47 Å². The number of hydrogen-bond donors (Lipinski definition) is 0. The van der Waals surface area contributed by atoms with Crippen molar-refractivity contribution < 1.29 is 38.8 Å². The maximum atomic E-state index is 11.6. The largest absolute Gasteiger partial charge is 0.621 e. The summed E-state index contributed by atoms with van der Waals surface area (Å²) < 4.78 is 8.69. The minimum Gasteiger partial charge on any atom is -0.337 e. The van der Waals surface area contributed by atoms with Gasteiger partial charge in [-0.2, -0.15) is 0 Å². The van der Waals surface area contributed by atoms with Crippen molar-refractivity contribution in [3.05, 3.63) is 40.5 Å². The van der Waals surface area contributed by atoms with Crippen LogP contribution in [0.15, 0.2) is 0 Å². The molecule has 0 spiro atoms. The third-order valence-corrected chi connectivity index (χ3v) is 3.63. The zero-order chi connectivity index (χ0) is 22.1. The second kappa shape index (κ2) is 10.0.